The maximum Gasteiger partial charge on any atom is 0.270 e. The molecule has 2 N–H and O–H groups in total. The Hall–Kier alpha value is -2.14. The van der Waals surface area contributed by atoms with E-state index in [1.165, 1.54) is 31.2 Å². The summed E-state index contributed by atoms with van der Waals surface area (Å²) in [6, 6.07) is 9.77. The number of hydrogen-bond donors (Lipinski definition) is 2. The molecular weight excluding hydrogens is 336 g/mol. The maximum absolute atomic E-state index is 12.4. The fourth-order valence-corrected chi connectivity index (χ4v) is 3.20. The van der Waals surface area contributed by atoms with E-state index in [-0.39, 0.29) is 11.9 Å². The summed E-state index contributed by atoms with van der Waals surface area (Å²) in [6.07, 6.45) is 8.04. The molecule has 5 nitrogen and oxygen atoms in total. The minimum absolute atomic E-state index is 0.116. The van der Waals surface area contributed by atoms with Gasteiger partial charge in [0.25, 0.3) is 5.91 Å². The Labute approximate surface area is 153 Å². The number of nitrogens with one attached hydrogen (secondary N) is 2. The molecule has 25 heavy (non-hydrogen) atoms. The molecule has 0 saturated heterocycles. The topological polar surface area (TPSA) is 66.9 Å². The molecule has 0 atom stereocenters. The Morgan fingerprint density at radius 2 is 1.88 bits per heavy atom. The van der Waals surface area contributed by atoms with Crippen molar-refractivity contribution < 1.29 is 4.79 Å². The van der Waals surface area contributed by atoms with Crippen molar-refractivity contribution in [2.24, 2.45) is 0 Å². The van der Waals surface area contributed by atoms with Crippen molar-refractivity contribution in [3.05, 3.63) is 52.9 Å². The first-order chi connectivity index (χ1) is 12.2. The smallest absolute Gasteiger partial charge is 0.270 e. The molecule has 132 valence electrons. The standard InChI is InChI=1S/C19H23ClN4O/c20-15-8-6-14(7-9-15)10-11-21-18-12-17(22-13-23-18)19(25)24-16-4-2-1-3-5-16/h6-9,12-13,16H,1-5,10-11H2,(H,24,25)(H,21,22,23). The van der Waals surface area contributed by atoms with Gasteiger partial charge in [0.2, 0.25) is 0 Å². The molecule has 1 aliphatic carbocycles. The van der Waals surface area contributed by atoms with Crippen LogP contribution in [0.25, 0.3) is 0 Å². The number of carbonyl (C=O) groups is 1. The first-order valence-electron chi connectivity index (χ1n) is 8.82. The van der Waals surface area contributed by atoms with E-state index in [0.717, 1.165) is 30.8 Å². The van der Waals surface area contributed by atoms with E-state index in [4.69, 9.17) is 11.6 Å². The molecule has 1 heterocycles. The summed E-state index contributed by atoms with van der Waals surface area (Å²) in [6.45, 7) is 0.725. The highest BCUT2D eigenvalue weighted by Gasteiger charge is 2.17. The van der Waals surface area contributed by atoms with Crippen molar-refractivity contribution in [1.29, 1.82) is 0 Å². The lowest BCUT2D eigenvalue weighted by molar-refractivity contribution is 0.0922. The van der Waals surface area contributed by atoms with Crippen molar-refractivity contribution in [2.75, 3.05) is 11.9 Å². The lowest BCUT2D eigenvalue weighted by Crippen LogP contribution is -2.36. The molecule has 1 amide bonds. The van der Waals surface area contributed by atoms with E-state index in [2.05, 4.69) is 20.6 Å². The van der Waals surface area contributed by atoms with Gasteiger partial charge in [-0.2, -0.15) is 0 Å². The second-order valence-corrected chi connectivity index (χ2v) is 6.84. The van der Waals surface area contributed by atoms with Crippen molar-refractivity contribution in [3.8, 4) is 0 Å². The van der Waals surface area contributed by atoms with Gasteiger partial charge in [0.1, 0.15) is 17.8 Å². The highest BCUT2D eigenvalue weighted by Crippen LogP contribution is 2.18. The van der Waals surface area contributed by atoms with Crippen LogP contribution in [0.5, 0.6) is 0 Å². The van der Waals surface area contributed by atoms with Crippen LogP contribution >= 0.6 is 11.6 Å². The number of rotatable bonds is 6. The Bertz CT molecular complexity index is 699. The van der Waals surface area contributed by atoms with Gasteiger partial charge < -0.3 is 10.6 Å². The van der Waals surface area contributed by atoms with Crippen molar-refractivity contribution >= 4 is 23.3 Å². The SMILES string of the molecule is O=C(NC1CCCCC1)c1cc(NCCc2ccc(Cl)cc2)ncn1. The number of hydrogen-bond acceptors (Lipinski definition) is 4. The number of amides is 1. The Morgan fingerprint density at radius 1 is 1.12 bits per heavy atom. The molecule has 0 bridgehead atoms. The van der Waals surface area contributed by atoms with Crippen LogP contribution in [0.1, 0.15) is 48.2 Å². The molecule has 1 saturated carbocycles. The Morgan fingerprint density at radius 3 is 2.64 bits per heavy atom. The van der Waals surface area contributed by atoms with E-state index in [1.54, 1.807) is 6.07 Å². The predicted molar refractivity (Wildman–Crippen MR) is 100 cm³/mol. The van der Waals surface area contributed by atoms with E-state index in [0.29, 0.717) is 11.5 Å². The monoisotopic (exact) mass is 358 g/mol. The summed E-state index contributed by atoms with van der Waals surface area (Å²) in [5.41, 5.74) is 1.61. The third-order valence-corrected chi connectivity index (χ3v) is 4.73. The van der Waals surface area contributed by atoms with Gasteiger partial charge in [-0.25, -0.2) is 9.97 Å². The van der Waals surface area contributed by atoms with Crippen LogP contribution < -0.4 is 10.6 Å². The van der Waals surface area contributed by atoms with Gasteiger partial charge in [-0.15, -0.1) is 0 Å². The van der Waals surface area contributed by atoms with Crippen LogP contribution in [0.4, 0.5) is 5.82 Å². The summed E-state index contributed by atoms with van der Waals surface area (Å²) in [7, 11) is 0. The molecule has 0 unspecified atom stereocenters. The molecule has 0 aliphatic heterocycles. The van der Waals surface area contributed by atoms with Gasteiger partial charge in [-0.3, -0.25) is 4.79 Å². The molecule has 6 heteroatoms. The largest absolute Gasteiger partial charge is 0.370 e. The highest BCUT2D eigenvalue weighted by molar-refractivity contribution is 6.30. The summed E-state index contributed by atoms with van der Waals surface area (Å²) < 4.78 is 0. The lowest BCUT2D eigenvalue weighted by Gasteiger charge is -2.22. The highest BCUT2D eigenvalue weighted by atomic mass is 35.5. The van der Waals surface area contributed by atoms with Crippen LogP contribution in [-0.4, -0.2) is 28.5 Å². The van der Waals surface area contributed by atoms with Crippen LogP contribution in [0.15, 0.2) is 36.7 Å². The number of carbonyl (C=O) groups excluding carboxylic acids is 1. The molecule has 2 aromatic rings. The van der Waals surface area contributed by atoms with E-state index in [1.807, 2.05) is 24.3 Å². The van der Waals surface area contributed by atoms with Crippen molar-refractivity contribution in [3.63, 3.8) is 0 Å². The number of aromatic nitrogens is 2. The van der Waals surface area contributed by atoms with Gasteiger partial charge in [-0.1, -0.05) is 43.0 Å². The molecule has 3 rings (SSSR count). The van der Waals surface area contributed by atoms with Gasteiger partial charge in [0.05, 0.1) is 0 Å². The fraction of sp³-hybridized carbons (Fsp3) is 0.421. The minimum Gasteiger partial charge on any atom is -0.370 e. The molecule has 0 spiro atoms. The van der Waals surface area contributed by atoms with E-state index < -0.39 is 0 Å². The molecule has 1 aliphatic rings. The number of halogens is 1. The van der Waals surface area contributed by atoms with Crippen LogP contribution in [0.2, 0.25) is 5.02 Å². The second kappa shape index (κ2) is 8.81. The molecule has 1 fully saturated rings. The number of benzene rings is 1. The zero-order valence-electron chi connectivity index (χ0n) is 14.2. The first-order valence-corrected chi connectivity index (χ1v) is 9.20. The average molecular weight is 359 g/mol. The zero-order valence-corrected chi connectivity index (χ0v) is 14.9. The Balaban J connectivity index is 1.51. The van der Waals surface area contributed by atoms with Gasteiger partial charge in [-0.05, 0) is 37.0 Å². The van der Waals surface area contributed by atoms with Crippen LogP contribution in [0, 0.1) is 0 Å². The van der Waals surface area contributed by atoms with Gasteiger partial charge in [0.15, 0.2) is 0 Å². The van der Waals surface area contributed by atoms with E-state index in [9.17, 15) is 4.79 Å². The summed E-state index contributed by atoms with van der Waals surface area (Å²) >= 11 is 5.89. The minimum atomic E-state index is -0.116. The number of anilines is 1. The molecule has 1 aromatic carbocycles. The van der Waals surface area contributed by atoms with Crippen LogP contribution in [0.3, 0.4) is 0 Å². The van der Waals surface area contributed by atoms with E-state index >= 15 is 0 Å². The quantitative estimate of drug-likeness (QED) is 0.823. The zero-order chi connectivity index (χ0) is 17.5. The molecule has 0 radical (unpaired) electrons. The van der Waals surface area contributed by atoms with Crippen molar-refractivity contribution in [2.45, 2.75) is 44.6 Å². The Kier molecular flexibility index (Phi) is 6.23. The molecular formula is C19H23ClN4O. The van der Waals surface area contributed by atoms with Gasteiger partial charge >= 0.3 is 0 Å². The molecule has 1 aromatic heterocycles. The van der Waals surface area contributed by atoms with Crippen LogP contribution in [-0.2, 0) is 6.42 Å². The summed E-state index contributed by atoms with van der Waals surface area (Å²) in [4.78, 5) is 20.6. The normalized spacial score (nSPS) is 14.9. The van der Waals surface area contributed by atoms with Crippen molar-refractivity contribution in [1.82, 2.24) is 15.3 Å². The maximum atomic E-state index is 12.4. The average Bonchev–Trinajstić information content (AvgIpc) is 2.64. The summed E-state index contributed by atoms with van der Waals surface area (Å²) in [5, 5.41) is 7.06. The first kappa shape index (κ1) is 17.7. The number of nitrogens with zero attached hydrogens (tertiary/aromatic N) is 2. The third-order valence-electron chi connectivity index (χ3n) is 4.47. The third kappa shape index (κ3) is 5.43. The lowest BCUT2D eigenvalue weighted by atomic mass is 9.95. The fourth-order valence-electron chi connectivity index (χ4n) is 3.07. The van der Waals surface area contributed by atoms with Gasteiger partial charge in [0, 0.05) is 23.7 Å². The predicted octanol–water partition coefficient (Wildman–Crippen LogP) is 3.85. The second-order valence-electron chi connectivity index (χ2n) is 6.40. The summed E-state index contributed by atoms with van der Waals surface area (Å²) in [5.74, 6) is 0.549.